The van der Waals surface area contributed by atoms with E-state index in [9.17, 15) is 0 Å². The van der Waals surface area contributed by atoms with E-state index in [0.717, 1.165) is 11.1 Å². The largest absolute Gasteiger partial charge is 0.340 e. The van der Waals surface area contributed by atoms with Crippen LogP contribution in [0.3, 0.4) is 0 Å². The standard InChI is InChI=1S/C14H18O2/c1-10(2)12-13(16-14(3,4)15-12)11-8-6-5-7-9-11/h5-9,12-13H,1H2,2-4H3. The Morgan fingerprint density at radius 1 is 1.19 bits per heavy atom. The quantitative estimate of drug-likeness (QED) is 0.708. The highest BCUT2D eigenvalue weighted by molar-refractivity contribution is 5.23. The fourth-order valence-electron chi connectivity index (χ4n) is 2.01. The molecule has 2 rings (SSSR count). The van der Waals surface area contributed by atoms with Gasteiger partial charge in [0, 0.05) is 0 Å². The van der Waals surface area contributed by atoms with Crippen molar-refractivity contribution in [2.24, 2.45) is 0 Å². The highest BCUT2D eigenvalue weighted by Gasteiger charge is 2.42. The van der Waals surface area contributed by atoms with Crippen LogP contribution in [0.25, 0.3) is 0 Å². The van der Waals surface area contributed by atoms with Crippen molar-refractivity contribution < 1.29 is 9.47 Å². The fraction of sp³-hybridized carbons (Fsp3) is 0.429. The van der Waals surface area contributed by atoms with E-state index in [1.54, 1.807) is 0 Å². The number of benzene rings is 1. The maximum absolute atomic E-state index is 5.93. The third-order valence-corrected chi connectivity index (χ3v) is 2.71. The molecule has 2 heteroatoms. The van der Waals surface area contributed by atoms with Gasteiger partial charge in [0.15, 0.2) is 5.79 Å². The van der Waals surface area contributed by atoms with Crippen LogP contribution in [0.2, 0.25) is 0 Å². The molecule has 2 nitrogen and oxygen atoms in total. The second kappa shape index (κ2) is 4.04. The molecule has 0 radical (unpaired) electrons. The smallest absolute Gasteiger partial charge is 0.164 e. The van der Waals surface area contributed by atoms with E-state index in [0.29, 0.717) is 0 Å². The molecule has 86 valence electrons. The minimum atomic E-state index is -0.538. The zero-order valence-corrected chi connectivity index (χ0v) is 10.1. The lowest BCUT2D eigenvalue weighted by molar-refractivity contribution is -0.144. The summed E-state index contributed by atoms with van der Waals surface area (Å²) in [5.41, 5.74) is 2.14. The third-order valence-electron chi connectivity index (χ3n) is 2.71. The van der Waals surface area contributed by atoms with Crippen molar-refractivity contribution in [1.82, 2.24) is 0 Å². The monoisotopic (exact) mass is 218 g/mol. The Balaban J connectivity index is 2.29. The highest BCUT2D eigenvalue weighted by Crippen LogP contribution is 2.40. The maximum atomic E-state index is 5.93. The predicted molar refractivity (Wildman–Crippen MR) is 64.0 cm³/mol. The van der Waals surface area contributed by atoms with Gasteiger partial charge in [-0.1, -0.05) is 36.9 Å². The molecule has 1 fully saturated rings. The van der Waals surface area contributed by atoms with Crippen LogP contribution in [0.15, 0.2) is 42.5 Å². The molecule has 0 amide bonds. The van der Waals surface area contributed by atoms with Crippen molar-refractivity contribution in [3.8, 4) is 0 Å². The Morgan fingerprint density at radius 2 is 1.81 bits per heavy atom. The van der Waals surface area contributed by atoms with Gasteiger partial charge < -0.3 is 9.47 Å². The van der Waals surface area contributed by atoms with E-state index in [1.807, 2.05) is 39.0 Å². The van der Waals surface area contributed by atoms with E-state index < -0.39 is 5.79 Å². The van der Waals surface area contributed by atoms with Crippen LogP contribution in [0, 0.1) is 0 Å². The lowest BCUT2D eigenvalue weighted by Crippen LogP contribution is -2.21. The third kappa shape index (κ3) is 2.18. The van der Waals surface area contributed by atoms with E-state index in [2.05, 4.69) is 18.7 Å². The van der Waals surface area contributed by atoms with Gasteiger partial charge in [0.05, 0.1) is 0 Å². The average Bonchev–Trinajstić information content (AvgIpc) is 2.56. The van der Waals surface area contributed by atoms with Gasteiger partial charge in [-0.15, -0.1) is 0 Å². The van der Waals surface area contributed by atoms with Gasteiger partial charge in [0.2, 0.25) is 0 Å². The Kier molecular flexibility index (Phi) is 2.87. The number of hydrogen-bond acceptors (Lipinski definition) is 2. The molecule has 0 aliphatic carbocycles. The number of hydrogen-bond donors (Lipinski definition) is 0. The van der Waals surface area contributed by atoms with Gasteiger partial charge in [-0.25, -0.2) is 0 Å². The molecule has 1 aromatic rings. The summed E-state index contributed by atoms with van der Waals surface area (Å²) in [5, 5.41) is 0. The number of ether oxygens (including phenoxy) is 2. The van der Waals surface area contributed by atoms with Gasteiger partial charge in [0.25, 0.3) is 0 Å². The summed E-state index contributed by atoms with van der Waals surface area (Å²) in [7, 11) is 0. The molecular formula is C14H18O2. The summed E-state index contributed by atoms with van der Waals surface area (Å²) in [4.78, 5) is 0. The molecule has 1 aliphatic rings. The van der Waals surface area contributed by atoms with Crippen LogP contribution in [0.4, 0.5) is 0 Å². The Bertz CT molecular complexity index is 381. The van der Waals surface area contributed by atoms with Crippen molar-refractivity contribution in [2.75, 3.05) is 0 Å². The zero-order valence-electron chi connectivity index (χ0n) is 10.1. The zero-order chi connectivity index (χ0) is 11.8. The molecule has 16 heavy (non-hydrogen) atoms. The van der Waals surface area contributed by atoms with Crippen LogP contribution in [-0.4, -0.2) is 11.9 Å². The van der Waals surface area contributed by atoms with E-state index in [1.165, 1.54) is 0 Å². The molecule has 1 aliphatic heterocycles. The van der Waals surface area contributed by atoms with E-state index >= 15 is 0 Å². The van der Waals surface area contributed by atoms with Gasteiger partial charge in [0.1, 0.15) is 12.2 Å². The molecule has 1 aromatic carbocycles. The topological polar surface area (TPSA) is 18.5 Å². The van der Waals surface area contributed by atoms with Crippen molar-refractivity contribution in [1.29, 1.82) is 0 Å². The Labute approximate surface area is 96.9 Å². The molecule has 2 atom stereocenters. The summed E-state index contributed by atoms with van der Waals surface area (Å²) >= 11 is 0. The van der Waals surface area contributed by atoms with Crippen LogP contribution >= 0.6 is 0 Å². The van der Waals surface area contributed by atoms with Crippen LogP contribution in [0.1, 0.15) is 32.4 Å². The van der Waals surface area contributed by atoms with Crippen LogP contribution < -0.4 is 0 Å². The molecule has 2 unspecified atom stereocenters. The fourth-order valence-corrected chi connectivity index (χ4v) is 2.01. The molecule has 0 spiro atoms. The molecule has 0 saturated carbocycles. The first-order valence-electron chi connectivity index (χ1n) is 5.55. The summed E-state index contributed by atoms with van der Waals surface area (Å²) in [5.74, 6) is -0.538. The van der Waals surface area contributed by atoms with Crippen molar-refractivity contribution in [3.63, 3.8) is 0 Å². The predicted octanol–water partition coefficient (Wildman–Crippen LogP) is 3.46. The minimum Gasteiger partial charge on any atom is -0.340 e. The van der Waals surface area contributed by atoms with Crippen molar-refractivity contribution >= 4 is 0 Å². The van der Waals surface area contributed by atoms with Gasteiger partial charge in [-0.2, -0.15) is 0 Å². The summed E-state index contributed by atoms with van der Waals surface area (Å²) < 4.78 is 11.8. The Hall–Kier alpha value is -1.12. The van der Waals surface area contributed by atoms with Gasteiger partial charge in [-0.05, 0) is 31.9 Å². The molecule has 1 saturated heterocycles. The summed E-state index contributed by atoms with van der Waals surface area (Å²) in [6.07, 6.45) is -0.105. The molecule has 0 N–H and O–H groups in total. The molecule has 0 bridgehead atoms. The van der Waals surface area contributed by atoms with Crippen molar-refractivity contribution in [3.05, 3.63) is 48.0 Å². The van der Waals surface area contributed by atoms with Gasteiger partial charge in [-0.3, -0.25) is 0 Å². The molecule has 0 aromatic heterocycles. The van der Waals surface area contributed by atoms with Gasteiger partial charge >= 0.3 is 0 Å². The second-order valence-corrected chi connectivity index (χ2v) is 4.73. The first-order chi connectivity index (χ1) is 7.49. The lowest BCUT2D eigenvalue weighted by atomic mass is 10.0. The first-order valence-corrected chi connectivity index (χ1v) is 5.55. The Morgan fingerprint density at radius 3 is 2.38 bits per heavy atom. The second-order valence-electron chi connectivity index (χ2n) is 4.73. The van der Waals surface area contributed by atoms with Crippen LogP contribution in [-0.2, 0) is 9.47 Å². The maximum Gasteiger partial charge on any atom is 0.164 e. The van der Waals surface area contributed by atoms with Crippen molar-refractivity contribution in [2.45, 2.75) is 38.8 Å². The molecular weight excluding hydrogens is 200 g/mol. The van der Waals surface area contributed by atoms with Crippen LogP contribution in [0.5, 0.6) is 0 Å². The average molecular weight is 218 g/mol. The van der Waals surface area contributed by atoms with E-state index in [-0.39, 0.29) is 12.2 Å². The minimum absolute atomic E-state index is 0.0475. The summed E-state index contributed by atoms with van der Waals surface area (Å²) in [6, 6.07) is 10.1. The molecule has 1 heterocycles. The normalized spacial score (nSPS) is 27.9. The lowest BCUT2D eigenvalue weighted by Gasteiger charge is -2.16. The summed E-state index contributed by atoms with van der Waals surface area (Å²) in [6.45, 7) is 9.82. The first kappa shape index (κ1) is 11.4. The highest BCUT2D eigenvalue weighted by atomic mass is 16.7. The van der Waals surface area contributed by atoms with E-state index in [4.69, 9.17) is 9.47 Å². The SMILES string of the molecule is C=C(C)C1OC(C)(C)OC1c1ccccc1. The number of rotatable bonds is 2.